The molecule has 2 nitrogen and oxygen atoms in total. The van der Waals surface area contributed by atoms with Crippen LogP contribution in [0.4, 0.5) is 5.69 Å². The first-order valence-electron chi connectivity index (χ1n) is 4.11. The van der Waals surface area contributed by atoms with Crippen LogP contribution in [-0.2, 0) is 0 Å². The molecule has 1 aromatic carbocycles. The van der Waals surface area contributed by atoms with Gasteiger partial charge in [-0.2, -0.15) is 0 Å². The maximum atomic E-state index is 5.07. The highest BCUT2D eigenvalue weighted by Gasteiger charge is 1.95. The monoisotopic (exact) mass is 227 g/mol. The molecule has 0 aliphatic rings. The maximum absolute atomic E-state index is 5.07. The van der Waals surface area contributed by atoms with Crippen molar-refractivity contribution >= 4 is 33.6 Å². The number of ether oxygens (including phenoxy) is 1. The molecule has 0 saturated heterocycles. The van der Waals surface area contributed by atoms with E-state index >= 15 is 0 Å². The van der Waals surface area contributed by atoms with Gasteiger partial charge in [0.05, 0.1) is 12.8 Å². The second-order valence-electron chi connectivity index (χ2n) is 2.48. The lowest BCUT2D eigenvalue weighted by Crippen LogP contribution is -1.82. The third-order valence-electron chi connectivity index (χ3n) is 1.64. The van der Waals surface area contributed by atoms with E-state index in [2.05, 4.69) is 4.99 Å². The molecule has 0 N–H and O–H groups in total. The first-order chi connectivity index (χ1) is 6.80. The molecule has 4 heteroatoms. The third kappa shape index (κ3) is 3.27. The van der Waals surface area contributed by atoms with Gasteiger partial charge in [-0.15, -0.1) is 23.5 Å². The second kappa shape index (κ2) is 5.98. The van der Waals surface area contributed by atoms with Gasteiger partial charge in [0.25, 0.3) is 0 Å². The number of methoxy groups -OCH3 is 1. The molecule has 0 aromatic heterocycles. The van der Waals surface area contributed by atoms with Gasteiger partial charge in [-0.05, 0) is 36.8 Å². The van der Waals surface area contributed by atoms with Gasteiger partial charge in [0.15, 0.2) is 0 Å². The summed E-state index contributed by atoms with van der Waals surface area (Å²) < 4.78 is 6.13. The molecule has 0 bridgehead atoms. The van der Waals surface area contributed by atoms with Gasteiger partial charge in [0, 0.05) is 0 Å². The molecule has 0 unspecified atom stereocenters. The Kier molecular flexibility index (Phi) is 4.90. The van der Waals surface area contributed by atoms with Gasteiger partial charge in [-0.25, -0.2) is 4.99 Å². The van der Waals surface area contributed by atoms with Crippen molar-refractivity contribution in [1.29, 1.82) is 0 Å². The average Bonchev–Trinajstić information content (AvgIpc) is 2.26. The van der Waals surface area contributed by atoms with E-state index in [4.69, 9.17) is 4.74 Å². The highest BCUT2D eigenvalue weighted by Crippen LogP contribution is 2.21. The first-order valence-corrected chi connectivity index (χ1v) is 6.56. The van der Waals surface area contributed by atoms with Crippen molar-refractivity contribution in [2.75, 3.05) is 19.6 Å². The van der Waals surface area contributed by atoms with E-state index < -0.39 is 0 Å². The Morgan fingerprint density at radius 3 is 2.14 bits per heavy atom. The van der Waals surface area contributed by atoms with E-state index in [0.29, 0.717) is 0 Å². The number of benzene rings is 1. The maximum Gasteiger partial charge on any atom is 0.130 e. The molecule has 0 heterocycles. The van der Waals surface area contributed by atoms with Crippen molar-refractivity contribution in [3.8, 4) is 5.75 Å². The molecule has 0 aliphatic heterocycles. The largest absolute Gasteiger partial charge is 0.497 e. The summed E-state index contributed by atoms with van der Waals surface area (Å²) in [5.74, 6) is 0.860. The van der Waals surface area contributed by atoms with Gasteiger partial charge in [0.1, 0.15) is 10.1 Å². The van der Waals surface area contributed by atoms with Crippen molar-refractivity contribution < 1.29 is 4.74 Å². The molecule has 0 spiro atoms. The van der Waals surface area contributed by atoms with E-state index in [1.165, 1.54) is 0 Å². The zero-order chi connectivity index (χ0) is 10.4. The Morgan fingerprint density at radius 1 is 1.14 bits per heavy atom. The van der Waals surface area contributed by atoms with Crippen molar-refractivity contribution in [2.24, 2.45) is 4.99 Å². The Morgan fingerprint density at radius 2 is 1.71 bits per heavy atom. The van der Waals surface area contributed by atoms with Crippen molar-refractivity contribution in [2.45, 2.75) is 0 Å². The van der Waals surface area contributed by atoms with Crippen LogP contribution in [0.5, 0.6) is 5.75 Å². The average molecular weight is 227 g/mol. The minimum Gasteiger partial charge on any atom is -0.497 e. The smallest absolute Gasteiger partial charge is 0.130 e. The predicted molar refractivity (Wildman–Crippen MR) is 67.1 cm³/mol. The molecule has 14 heavy (non-hydrogen) atoms. The summed E-state index contributed by atoms with van der Waals surface area (Å²) >= 11 is 3.31. The van der Waals surface area contributed by atoms with E-state index in [1.807, 2.05) is 36.8 Å². The van der Waals surface area contributed by atoms with Crippen LogP contribution in [0.25, 0.3) is 0 Å². The van der Waals surface area contributed by atoms with E-state index in [1.54, 1.807) is 30.6 Å². The predicted octanol–water partition coefficient (Wildman–Crippen LogP) is 3.41. The Hall–Kier alpha value is -0.610. The van der Waals surface area contributed by atoms with Crippen molar-refractivity contribution in [3.05, 3.63) is 24.3 Å². The highest BCUT2D eigenvalue weighted by atomic mass is 32.2. The zero-order valence-corrected chi connectivity index (χ0v) is 10.1. The van der Waals surface area contributed by atoms with Gasteiger partial charge >= 0.3 is 0 Å². The molecule has 0 atom stereocenters. The summed E-state index contributed by atoms with van der Waals surface area (Å²) in [7, 11) is 1.66. The van der Waals surface area contributed by atoms with Crippen LogP contribution in [-0.4, -0.2) is 24.0 Å². The lowest BCUT2D eigenvalue weighted by atomic mass is 10.3. The SMILES string of the molecule is COc1ccc(N=C(SC)SC)cc1. The lowest BCUT2D eigenvalue weighted by molar-refractivity contribution is 0.415. The Labute approximate surface area is 93.1 Å². The quantitative estimate of drug-likeness (QED) is 0.571. The molecule has 0 fully saturated rings. The molecule has 0 amide bonds. The van der Waals surface area contributed by atoms with Crippen LogP contribution in [0.3, 0.4) is 0 Å². The molecule has 0 aliphatic carbocycles. The number of hydrogen-bond donors (Lipinski definition) is 0. The van der Waals surface area contributed by atoms with Crippen LogP contribution in [0.15, 0.2) is 29.3 Å². The summed E-state index contributed by atoms with van der Waals surface area (Å²) in [6, 6.07) is 7.73. The normalized spacial score (nSPS) is 9.64. The number of rotatable bonds is 2. The fourth-order valence-corrected chi connectivity index (χ4v) is 2.00. The van der Waals surface area contributed by atoms with Crippen molar-refractivity contribution in [3.63, 3.8) is 0 Å². The first kappa shape index (κ1) is 11.5. The van der Waals surface area contributed by atoms with Gasteiger partial charge in [-0.3, -0.25) is 0 Å². The molecule has 1 rings (SSSR count). The molecular weight excluding hydrogens is 214 g/mol. The zero-order valence-electron chi connectivity index (χ0n) is 8.48. The topological polar surface area (TPSA) is 21.6 Å². The number of hydrogen-bond acceptors (Lipinski definition) is 4. The van der Waals surface area contributed by atoms with Crippen LogP contribution in [0, 0.1) is 0 Å². The number of nitrogens with zero attached hydrogens (tertiary/aromatic N) is 1. The van der Waals surface area contributed by atoms with Gasteiger partial charge < -0.3 is 4.74 Å². The number of thioether (sulfide) groups is 2. The number of aliphatic imine (C=N–C) groups is 1. The molecule has 1 aromatic rings. The fourth-order valence-electron chi connectivity index (χ4n) is 0.937. The minimum absolute atomic E-state index is 0.860. The molecule has 76 valence electrons. The van der Waals surface area contributed by atoms with E-state index in [9.17, 15) is 0 Å². The third-order valence-corrected chi connectivity index (χ3v) is 3.52. The Bertz CT molecular complexity index is 302. The van der Waals surface area contributed by atoms with Crippen LogP contribution >= 0.6 is 23.5 Å². The van der Waals surface area contributed by atoms with E-state index in [-0.39, 0.29) is 0 Å². The van der Waals surface area contributed by atoms with Gasteiger partial charge in [0.2, 0.25) is 0 Å². The summed E-state index contributed by atoms with van der Waals surface area (Å²) in [6.45, 7) is 0. The second-order valence-corrected chi connectivity index (χ2v) is 4.33. The summed E-state index contributed by atoms with van der Waals surface area (Å²) in [5.41, 5.74) is 0.963. The van der Waals surface area contributed by atoms with Crippen LogP contribution in [0.1, 0.15) is 0 Å². The molecule has 0 saturated carbocycles. The van der Waals surface area contributed by atoms with E-state index in [0.717, 1.165) is 15.8 Å². The summed E-state index contributed by atoms with van der Waals surface area (Å²) in [4.78, 5) is 4.46. The summed E-state index contributed by atoms with van der Waals surface area (Å²) in [6.07, 6.45) is 4.05. The van der Waals surface area contributed by atoms with Gasteiger partial charge in [-0.1, -0.05) is 0 Å². The Balaban J connectivity index is 2.81. The molecule has 0 radical (unpaired) electrons. The molecular formula is C10H13NOS2. The lowest BCUT2D eigenvalue weighted by Gasteiger charge is -2.01. The van der Waals surface area contributed by atoms with Crippen LogP contribution < -0.4 is 4.74 Å². The standard InChI is InChI=1S/C10H13NOS2/c1-12-9-6-4-8(5-7-9)11-10(13-2)14-3/h4-7H,1-3H3. The summed E-state index contributed by atoms with van der Waals surface area (Å²) in [5, 5.41) is 0. The minimum atomic E-state index is 0.860. The van der Waals surface area contributed by atoms with Crippen LogP contribution in [0.2, 0.25) is 0 Å². The fraction of sp³-hybridized carbons (Fsp3) is 0.300. The van der Waals surface area contributed by atoms with Crippen molar-refractivity contribution in [1.82, 2.24) is 0 Å². The highest BCUT2D eigenvalue weighted by molar-refractivity contribution is 8.38.